The molecule has 160 valence electrons. The van der Waals surface area contributed by atoms with E-state index in [-0.39, 0.29) is 13.0 Å². The van der Waals surface area contributed by atoms with Crippen molar-refractivity contribution in [3.05, 3.63) is 54.4 Å². The molecule has 1 aromatic heterocycles. The number of nitrogens with one attached hydrogen (secondary N) is 1. The number of benzene rings is 1. The fraction of sp³-hybridized carbons (Fsp3) is 0.350. The van der Waals surface area contributed by atoms with Gasteiger partial charge in [-0.3, -0.25) is 5.01 Å². The van der Waals surface area contributed by atoms with Crippen molar-refractivity contribution in [3.63, 3.8) is 0 Å². The zero-order valence-electron chi connectivity index (χ0n) is 16.3. The molecule has 1 aliphatic heterocycles. The minimum atomic E-state index is -4.37. The van der Waals surface area contributed by atoms with Crippen LogP contribution < -0.4 is 11.1 Å². The van der Waals surface area contributed by atoms with Crippen LogP contribution in [0.2, 0.25) is 0 Å². The number of aryl methyl sites for hydroxylation is 1. The molecule has 1 unspecified atom stereocenters. The Balaban J connectivity index is 1.80. The number of aliphatic hydroxyl groups excluding tert-OH is 1. The maximum Gasteiger partial charge on any atom is 0.393 e. The van der Waals surface area contributed by atoms with Crippen LogP contribution >= 0.6 is 0 Å². The molecule has 0 saturated carbocycles. The molecule has 3 rings (SSSR count). The zero-order valence-corrected chi connectivity index (χ0v) is 16.3. The summed E-state index contributed by atoms with van der Waals surface area (Å²) in [4.78, 5) is 0. The Morgan fingerprint density at radius 1 is 1.37 bits per heavy atom. The predicted molar refractivity (Wildman–Crippen MR) is 108 cm³/mol. The molecule has 1 aliphatic rings. The van der Waals surface area contributed by atoms with Crippen LogP contribution in [0, 0.1) is 12.8 Å². The number of anilines is 1. The highest BCUT2D eigenvalue weighted by Crippen LogP contribution is 2.38. The Bertz CT molecular complexity index is 903. The largest absolute Gasteiger partial charge is 0.405 e. The number of hydrogen-bond acceptors (Lipinski definition) is 7. The number of nitrogens with two attached hydrogens (primary N) is 1. The number of allylic oxidation sites excluding steroid dienone is 1. The van der Waals surface area contributed by atoms with Crippen molar-refractivity contribution >= 4 is 11.9 Å². The summed E-state index contributed by atoms with van der Waals surface area (Å²) >= 11 is 0. The Morgan fingerprint density at radius 3 is 2.83 bits per heavy atom. The van der Waals surface area contributed by atoms with Gasteiger partial charge in [0.25, 0.3) is 0 Å². The molecular weight excluding hydrogens is 397 g/mol. The van der Waals surface area contributed by atoms with Crippen LogP contribution in [0.15, 0.2) is 53.9 Å². The van der Waals surface area contributed by atoms with Crippen molar-refractivity contribution in [1.29, 1.82) is 0 Å². The first-order valence-electron chi connectivity index (χ1n) is 9.37. The molecule has 2 heterocycles. The van der Waals surface area contributed by atoms with E-state index in [2.05, 4.69) is 20.6 Å². The van der Waals surface area contributed by atoms with Gasteiger partial charge in [0.2, 0.25) is 0 Å². The summed E-state index contributed by atoms with van der Waals surface area (Å²) in [5.41, 5.74) is 8.21. The lowest BCUT2D eigenvalue weighted by atomic mass is 10.0. The molecule has 1 saturated heterocycles. The van der Waals surface area contributed by atoms with Gasteiger partial charge < -0.3 is 16.2 Å². The Labute approximate surface area is 172 Å². The van der Waals surface area contributed by atoms with Gasteiger partial charge in [-0.1, -0.05) is 6.07 Å². The van der Waals surface area contributed by atoms with E-state index in [0.29, 0.717) is 11.4 Å². The first-order valence-corrected chi connectivity index (χ1v) is 9.37. The smallest absolute Gasteiger partial charge is 0.393 e. The number of aromatic nitrogens is 2. The molecule has 0 aliphatic carbocycles. The van der Waals surface area contributed by atoms with Gasteiger partial charge in [-0.25, -0.2) is 0 Å². The SMILES string of the molecule is Cc1ccc(N[C@H](O)C2C[C@H](C(F)(F)F)CN2/N=C\C=C/N)cc1-c1cccnn1. The molecule has 2 aromatic rings. The van der Waals surface area contributed by atoms with Gasteiger partial charge in [0.1, 0.15) is 6.23 Å². The second-order valence-electron chi connectivity index (χ2n) is 7.04. The van der Waals surface area contributed by atoms with Gasteiger partial charge in [0.15, 0.2) is 0 Å². The van der Waals surface area contributed by atoms with Crippen molar-refractivity contribution in [2.24, 2.45) is 16.8 Å². The molecule has 0 bridgehead atoms. The highest BCUT2D eigenvalue weighted by atomic mass is 19.4. The third-order valence-electron chi connectivity index (χ3n) is 4.96. The normalized spacial score (nSPS) is 20.9. The lowest BCUT2D eigenvalue weighted by Crippen LogP contribution is -2.40. The third-order valence-corrected chi connectivity index (χ3v) is 4.96. The lowest BCUT2D eigenvalue weighted by molar-refractivity contribution is -0.170. The third kappa shape index (κ3) is 5.07. The monoisotopic (exact) mass is 420 g/mol. The fourth-order valence-electron chi connectivity index (χ4n) is 3.38. The maximum absolute atomic E-state index is 13.2. The van der Waals surface area contributed by atoms with Crippen molar-refractivity contribution in [1.82, 2.24) is 15.2 Å². The van der Waals surface area contributed by atoms with Gasteiger partial charge in [-0.05, 0) is 55.4 Å². The Hall–Kier alpha value is -3.14. The van der Waals surface area contributed by atoms with Gasteiger partial charge in [0.05, 0.1) is 17.7 Å². The molecular formula is C20H23F3N6O. The van der Waals surface area contributed by atoms with Crippen LogP contribution in [-0.4, -0.2) is 51.5 Å². The number of nitrogens with zero attached hydrogens (tertiary/aromatic N) is 4. The Kier molecular flexibility index (Phi) is 6.56. The van der Waals surface area contributed by atoms with Crippen LogP contribution in [0.4, 0.5) is 18.9 Å². The second kappa shape index (κ2) is 9.12. The average molecular weight is 420 g/mol. The van der Waals surface area contributed by atoms with Gasteiger partial charge in [0, 0.05) is 30.2 Å². The van der Waals surface area contributed by atoms with Crippen LogP contribution in [0.5, 0.6) is 0 Å². The van der Waals surface area contributed by atoms with Crippen molar-refractivity contribution in [3.8, 4) is 11.3 Å². The fourth-order valence-corrected chi connectivity index (χ4v) is 3.38. The molecule has 0 spiro atoms. The minimum absolute atomic E-state index is 0.274. The number of alkyl halides is 3. The summed E-state index contributed by atoms with van der Waals surface area (Å²) in [5.74, 6) is -1.58. The van der Waals surface area contributed by atoms with E-state index in [1.165, 1.54) is 23.5 Å². The van der Waals surface area contributed by atoms with E-state index in [1.54, 1.807) is 24.4 Å². The number of hydrazone groups is 1. The number of halogens is 3. The molecule has 1 fully saturated rings. The number of hydrogen-bond donors (Lipinski definition) is 3. The van der Waals surface area contributed by atoms with E-state index in [0.717, 1.165) is 11.1 Å². The second-order valence-corrected chi connectivity index (χ2v) is 7.04. The van der Waals surface area contributed by atoms with E-state index in [4.69, 9.17) is 5.73 Å². The van der Waals surface area contributed by atoms with Gasteiger partial charge in [-0.15, -0.1) is 0 Å². The molecule has 0 radical (unpaired) electrons. The molecule has 30 heavy (non-hydrogen) atoms. The highest BCUT2D eigenvalue weighted by Gasteiger charge is 2.49. The Morgan fingerprint density at radius 2 is 2.17 bits per heavy atom. The van der Waals surface area contributed by atoms with E-state index in [9.17, 15) is 18.3 Å². The molecule has 1 aromatic carbocycles. The molecule has 7 nitrogen and oxygen atoms in total. The first kappa shape index (κ1) is 21.6. The van der Waals surface area contributed by atoms with Crippen LogP contribution in [0.25, 0.3) is 11.3 Å². The summed E-state index contributed by atoms with van der Waals surface area (Å²) in [7, 11) is 0. The van der Waals surface area contributed by atoms with Gasteiger partial charge >= 0.3 is 6.18 Å². The average Bonchev–Trinajstić information content (AvgIpc) is 3.15. The molecule has 0 amide bonds. The highest BCUT2D eigenvalue weighted by molar-refractivity contribution is 5.70. The van der Waals surface area contributed by atoms with E-state index in [1.807, 2.05) is 19.1 Å². The molecule has 3 atom stereocenters. The summed E-state index contributed by atoms with van der Waals surface area (Å²) in [6.07, 6.45) is -0.406. The van der Waals surface area contributed by atoms with Crippen LogP contribution in [0.1, 0.15) is 12.0 Å². The topological polar surface area (TPSA) is 99.7 Å². The predicted octanol–water partition coefficient (Wildman–Crippen LogP) is 2.89. The number of aliphatic hydroxyl groups is 1. The molecule has 10 heteroatoms. The summed E-state index contributed by atoms with van der Waals surface area (Å²) < 4.78 is 39.7. The first-order chi connectivity index (χ1) is 14.3. The maximum atomic E-state index is 13.2. The number of rotatable bonds is 6. The van der Waals surface area contributed by atoms with Crippen molar-refractivity contribution in [2.45, 2.75) is 31.8 Å². The van der Waals surface area contributed by atoms with Crippen LogP contribution in [-0.2, 0) is 0 Å². The van der Waals surface area contributed by atoms with E-state index >= 15 is 0 Å². The van der Waals surface area contributed by atoms with Gasteiger partial charge in [-0.2, -0.15) is 28.5 Å². The summed E-state index contributed by atoms with van der Waals surface area (Å²) in [5, 5.41) is 26.8. The van der Waals surface area contributed by atoms with Crippen LogP contribution in [0.3, 0.4) is 0 Å². The summed E-state index contributed by atoms with van der Waals surface area (Å²) in [6.45, 7) is 1.58. The molecule has 4 N–H and O–H groups in total. The quantitative estimate of drug-likeness (QED) is 0.491. The summed E-state index contributed by atoms with van der Waals surface area (Å²) in [6, 6.07) is 8.08. The minimum Gasteiger partial charge on any atom is -0.405 e. The van der Waals surface area contributed by atoms with Crippen molar-refractivity contribution < 1.29 is 18.3 Å². The van der Waals surface area contributed by atoms with E-state index < -0.39 is 24.4 Å². The van der Waals surface area contributed by atoms with Crippen molar-refractivity contribution in [2.75, 3.05) is 11.9 Å². The zero-order chi connectivity index (χ0) is 21.7. The standard InChI is InChI=1S/C20H23F3N6O/c1-13-5-6-15(11-16(13)17-4-2-8-25-28-17)27-19(30)18-10-14(20(21,22)23)12-29(18)26-9-3-7-24/h2-9,11,14,18-19,27,30H,10,12,24H2,1H3/b7-3-,26-9-/t14-,18?,19+/m0/s1. The lowest BCUT2D eigenvalue weighted by Gasteiger charge is -2.27.